The highest BCUT2D eigenvalue weighted by molar-refractivity contribution is 8.01. The lowest BCUT2D eigenvalue weighted by molar-refractivity contribution is -0.131. The van der Waals surface area contributed by atoms with Gasteiger partial charge in [0.25, 0.3) is 0 Å². The van der Waals surface area contributed by atoms with Crippen LogP contribution in [0, 0.1) is 20.8 Å². The number of aromatic nitrogens is 2. The van der Waals surface area contributed by atoms with Gasteiger partial charge < -0.3 is 15.5 Å². The van der Waals surface area contributed by atoms with E-state index in [9.17, 15) is 9.59 Å². The summed E-state index contributed by atoms with van der Waals surface area (Å²) in [6, 6.07) is 13.8. The number of carbonyl (C=O) groups excluding carboxylic acids is 2. The van der Waals surface area contributed by atoms with Gasteiger partial charge in [0.1, 0.15) is 0 Å². The minimum atomic E-state index is -0.223. The molecule has 0 saturated heterocycles. The standard InChI is InChI=1S/C22H25N5O2S2/c1-14-8-10-17(11-9-14)23-21-25-26-22(31-21)30-13-19(29)27(4)12-18(28)24-20-15(2)6-5-7-16(20)3/h5-11H,12-13H2,1-4H3,(H,23,25)(H,24,28). The van der Waals surface area contributed by atoms with Gasteiger partial charge in [0, 0.05) is 18.4 Å². The van der Waals surface area contributed by atoms with Gasteiger partial charge in [-0.15, -0.1) is 10.2 Å². The average molecular weight is 456 g/mol. The largest absolute Gasteiger partial charge is 0.336 e. The first-order valence-electron chi connectivity index (χ1n) is 9.72. The van der Waals surface area contributed by atoms with Crippen LogP contribution in [0.4, 0.5) is 16.5 Å². The minimum absolute atomic E-state index is 0.0104. The fraction of sp³-hybridized carbons (Fsp3) is 0.273. The highest BCUT2D eigenvalue weighted by atomic mass is 32.2. The quantitative estimate of drug-likeness (QED) is 0.490. The molecule has 0 saturated carbocycles. The second-order valence-electron chi connectivity index (χ2n) is 7.22. The Morgan fingerprint density at radius 2 is 1.71 bits per heavy atom. The lowest BCUT2D eigenvalue weighted by Crippen LogP contribution is -2.36. The molecular formula is C22H25N5O2S2. The van der Waals surface area contributed by atoms with Gasteiger partial charge in [0.2, 0.25) is 16.9 Å². The molecule has 0 unspecified atom stereocenters. The molecular weight excluding hydrogens is 430 g/mol. The van der Waals surface area contributed by atoms with Crippen LogP contribution in [0.15, 0.2) is 46.8 Å². The number of anilines is 3. The molecule has 2 amide bonds. The van der Waals surface area contributed by atoms with Gasteiger partial charge in [-0.05, 0) is 44.0 Å². The van der Waals surface area contributed by atoms with Crippen LogP contribution in [0.3, 0.4) is 0 Å². The minimum Gasteiger partial charge on any atom is -0.336 e. The number of aryl methyl sites for hydroxylation is 3. The number of para-hydroxylation sites is 1. The van der Waals surface area contributed by atoms with E-state index in [0.29, 0.717) is 9.47 Å². The predicted octanol–water partition coefficient (Wildman–Crippen LogP) is 4.40. The maximum Gasteiger partial charge on any atom is 0.243 e. The van der Waals surface area contributed by atoms with Crippen molar-refractivity contribution in [3.05, 3.63) is 59.2 Å². The first-order valence-corrected chi connectivity index (χ1v) is 11.5. The van der Waals surface area contributed by atoms with E-state index in [-0.39, 0.29) is 24.1 Å². The fourth-order valence-corrected chi connectivity index (χ4v) is 4.52. The van der Waals surface area contributed by atoms with E-state index in [1.54, 1.807) is 7.05 Å². The van der Waals surface area contributed by atoms with Gasteiger partial charge >= 0.3 is 0 Å². The van der Waals surface area contributed by atoms with Crippen molar-refractivity contribution in [2.45, 2.75) is 25.1 Å². The third kappa shape index (κ3) is 6.53. The highest BCUT2D eigenvalue weighted by Crippen LogP contribution is 2.28. The molecule has 0 bridgehead atoms. The summed E-state index contributed by atoms with van der Waals surface area (Å²) in [6.07, 6.45) is 0. The molecule has 3 rings (SSSR count). The smallest absolute Gasteiger partial charge is 0.243 e. The molecule has 0 fully saturated rings. The van der Waals surface area contributed by atoms with Gasteiger partial charge in [-0.3, -0.25) is 9.59 Å². The van der Waals surface area contributed by atoms with E-state index in [4.69, 9.17) is 0 Å². The van der Waals surface area contributed by atoms with Crippen molar-refractivity contribution in [2.75, 3.05) is 30.0 Å². The van der Waals surface area contributed by atoms with Crippen LogP contribution in [0.1, 0.15) is 16.7 Å². The molecule has 31 heavy (non-hydrogen) atoms. The van der Waals surface area contributed by atoms with Crippen molar-refractivity contribution in [1.29, 1.82) is 0 Å². The number of likely N-dealkylation sites (N-methyl/N-ethyl adjacent to an activating group) is 1. The maximum atomic E-state index is 12.4. The first kappa shape index (κ1) is 22.8. The van der Waals surface area contributed by atoms with E-state index in [1.807, 2.05) is 63.2 Å². The Balaban J connectivity index is 1.47. The van der Waals surface area contributed by atoms with Crippen LogP contribution in [0.5, 0.6) is 0 Å². The molecule has 0 radical (unpaired) electrons. The third-order valence-corrected chi connectivity index (χ3v) is 6.54. The average Bonchev–Trinajstić information content (AvgIpc) is 3.18. The molecule has 0 atom stereocenters. The number of hydrogen-bond donors (Lipinski definition) is 2. The summed E-state index contributed by atoms with van der Waals surface area (Å²) < 4.78 is 0.691. The van der Waals surface area contributed by atoms with Gasteiger partial charge in [-0.25, -0.2) is 0 Å². The zero-order valence-electron chi connectivity index (χ0n) is 17.9. The summed E-state index contributed by atoms with van der Waals surface area (Å²) in [6.45, 7) is 5.91. The Bertz CT molecular complexity index is 1050. The van der Waals surface area contributed by atoms with E-state index in [0.717, 1.165) is 22.5 Å². The number of amides is 2. The first-order chi connectivity index (χ1) is 14.8. The molecule has 0 spiro atoms. The van der Waals surface area contributed by atoms with Crippen molar-refractivity contribution in [1.82, 2.24) is 15.1 Å². The van der Waals surface area contributed by atoms with E-state index in [2.05, 4.69) is 20.8 Å². The topological polar surface area (TPSA) is 87.2 Å². The summed E-state index contributed by atoms with van der Waals surface area (Å²) in [5.41, 5.74) is 4.90. The number of nitrogens with zero attached hydrogens (tertiary/aromatic N) is 3. The van der Waals surface area contributed by atoms with E-state index < -0.39 is 0 Å². The van der Waals surface area contributed by atoms with Crippen LogP contribution < -0.4 is 10.6 Å². The number of benzene rings is 2. The monoisotopic (exact) mass is 455 g/mol. The van der Waals surface area contributed by atoms with Gasteiger partial charge in [0.15, 0.2) is 4.34 Å². The Morgan fingerprint density at radius 1 is 1.03 bits per heavy atom. The molecule has 7 nitrogen and oxygen atoms in total. The number of hydrogen-bond acceptors (Lipinski definition) is 7. The zero-order valence-corrected chi connectivity index (χ0v) is 19.6. The highest BCUT2D eigenvalue weighted by Gasteiger charge is 2.16. The van der Waals surface area contributed by atoms with Crippen LogP contribution in [0.2, 0.25) is 0 Å². The molecule has 1 aromatic heterocycles. The van der Waals surface area contributed by atoms with Crippen LogP contribution >= 0.6 is 23.1 Å². The molecule has 162 valence electrons. The molecule has 0 aliphatic carbocycles. The van der Waals surface area contributed by atoms with Crippen molar-refractivity contribution in [3.8, 4) is 0 Å². The van der Waals surface area contributed by atoms with Crippen molar-refractivity contribution < 1.29 is 9.59 Å². The summed E-state index contributed by atoms with van der Waals surface area (Å²) in [4.78, 5) is 26.2. The third-order valence-electron chi connectivity index (χ3n) is 4.58. The van der Waals surface area contributed by atoms with Crippen molar-refractivity contribution in [2.24, 2.45) is 0 Å². The summed E-state index contributed by atoms with van der Waals surface area (Å²) in [5, 5.41) is 15.0. The Morgan fingerprint density at radius 3 is 2.39 bits per heavy atom. The molecule has 1 heterocycles. The summed E-state index contributed by atoms with van der Waals surface area (Å²) in [5.74, 6) is -0.185. The number of rotatable bonds is 8. The van der Waals surface area contributed by atoms with E-state index >= 15 is 0 Å². The molecule has 9 heteroatoms. The zero-order chi connectivity index (χ0) is 22.4. The fourth-order valence-electron chi connectivity index (χ4n) is 2.81. The Labute approximate surface area is 190 Å². The number of nitrogens with one attached hydrogen (secondary N) is 2. The SMILES string of the molecule is Cc1ccc(Nc2nnc(SCC(=O)N(C)CC(=O)Nc3c(C)cccc3C)s2)cc1. The lowest BCUT2D eigenvalue weighted by Gasteiger charge is -2.17. The van der Waals surface area contributed by atoms with Crippen molar-refractivity contribution in [3.63, 3.8) is 0 Å². The molecule has 2 aromatic carbocycles. The normalized spacial score (nSPS) is 10.6. The van der Waals surface area contributed by atoms with Crippen LogP contribution in [-0.4, -0.2) is 46.3 Å². The Hall–Kier alpha value is -2.91. The van der Waals surface area contributed by atoms with Crippen molar-refractivity contribution >= 4 is 51.4 Å². The molecule has 0 aliphatic heterocycles. The lowest BCUT2D eigenvalue weighted by atomic mass is 10.1. The summed E-state index contributed by atoms with van der Waals surface area (Å²) in [7, 11) is 1.62. The molecule has 0 aliphatic rings. The predicted molar refractivity (Wildman–Crippen MR) is 127 cm³/mol. The number of carbonyl (C=O) groups is 2. The second-order valence-corrected chi connectivity index (χ2v) is 9.42. The Kier molecular flexibility index (Phi) is 7.64. The van der Waals surface area contributed by atoms with Gasteiger partial charge in [0.05, 0.1) is 12.3 Å². The van der Waals surface area contributed by atoms with Gasteiger partial charge in [-0.1, -0.05) is 59.0 Å². The molecule has 2 N–H and O–H groups in total. The molecule has 3 aromatic rings. The van der Waals surface area contributed by atoms with Crippen LogP contribution in [-0.2, 0) is 9.59 Å². The second kappa shape index (κ2) is 10.4. The maximum absolute atomic E-state index is 12.4. The van der Waals surface area contributed by atoms with Gasteiger partial charge in [-0.2, -0.15) is 0 Å². The van der Waals surface area contributed by atoms with E-state index in [1.165, 1.54) is 33.6 Å². The van der Waals surface area contributed by atoms with Crippen LogP contribution in [0.25, 0.3) is 0 Å². The number of thioether (sulfide) groups is 1. The summed E-state index contributed by atoms with van der Waals surface area (Å²) >= 11 is 2.69.